The number of alkyl halides is 1. The van der Waals surface area contributed by atoms with Crippen molar-refractivity contribution in [3.05, 3.63) is 0 Å². The fraction of sp³-hybridized carbons (Fsp3) is 0.857. The minimum Gasteiger partial charge on any atom is -0.392 e. The van der Waals surface area contributed by atoms with Crippen molar-refractivity contribution in [2.45, 2.75) is 85.8 Å². The SMILES string of the molecule is CCC(C)(CCCC(CC(C)C(=O)CF)C(=O)NC(C)C)C(=O)NCC(C)O. The van der Waals surface area contributed by atoms with E-state index in [2.05, 4.69) is 10.6 Å². The molecule has 164 valence electrons. The predicted octanol–water partition coefficient (Wildman–Crippen LogP) is 2.78. The highest BCUT2D eigenvalue weighted by Crippen LogP contribution is 2.30. The van der Waals surface area contributed by atoms with E-state index < -0.39 is 35.8 Å². The first-order chi connectivity index (χ1) is 13.0. The van der Waals surface area contributed by atoms with Crippen LogP contribution in [0.1, 0.15) is 73.6 Å². The highest BCUT2D eigenvalue weighted by Gasteiger charge is 2.32. The lowest BCUT2D eigenvalue weighted by atomic mass is 9.79. The molecule has 0 aliphatic carbocycles. The third-order valence-corrected chi connectivity index (χ3v) is 5.29. The van der Waals surface area contributed by atoms with Gasteiger partial charge in [0.1, 0.15) is 6.67 Å². The van der Waals surface area contributed by atoms with Crippen molar-refractivity contribution in [1.29, 1.82) is 0 Å². The number of amides is 2. The summed E-state index contributed by atoms with van der Waals surface area (Å²) in [4.78, 5) is 36.6. The normalized spacial score (nSPS) is 16.8. The van der Waals surface area contributed by atoms with E-state index in [1.54, 1.807) is 13.8 Å². The number of hydrogen-bond donors (Lipinski definition) is 3. The summed E-state index contributed by atoms with van der Waals surface area (Å²) in [5, 5.41) is 15.0. The Morgan fingerprint density at radius 1 is 1.14 bits per heavy atom. The van der Waals surface area contributed by atoms with Crippen LogP contribution < -0.4 is 10.6 Å². The zero-order valence-electron chi connectivity index (χ0n) is 18.3. The van der Waals surface area contributed by atoms with Gasteiger partial charge in [-0.3, -0.25) is 14.4 Å². The summed E-state index contributed by atoms with van der Waals surface area (Å²) in [6, 6.07) is -0.0191. The van der Waals surface area contributed by atoms with E-state index in [9.17, 15) is 23.9 Å². The van der Waals surface area contributed by atoms with Crippen LogP contribution in [-0.4, -0.2) is 48.1 Å². The molecular formula is C21H39FN2O4. The Kier molecular flexibility index (Phi) is 12.2. The number of Topliss-reactive ketones (excluding diaryl/α,β-unsaturated/α-hetero) is 1. The third kappa shape index (κ3) is 9.62. The van der Waals surface area contributed by atoms with Crippen LogP contribution in [0.15, 0.2) is 0 Å². The minimum absolute atomic E-state index is 0.0191. The molecule has 4 atom stereocenters. The van der Waals surface area contributed by atoms with Gasteiger partial charge in [-0.2, -0.15) is 0 Å². The number of halogens is 1. The molecule has 0 fully saturated rings. The molecule has 6 nitrogen and oxygen atoms in total. The second kappa shape index (κ2) is 12.9. The van der Waals surface area contributed by atoms with Gasteiger partial charge in [0.2, 0.25) is 11.8 Å². The van der Waals surface area contributed by atoms with Crippen LogP contribution in [0.4, 0.5) is 4.39 Å². The van der Waals surface area contributed by atoms with Crippen molar-refractivity contribution in [1.82, 2.24) is 10.6 Å². The van der Waals surface area contributed by atoms with Gasteiger partial charge >= 0.3 is 0 Å². The molecule has 2 amide bonds. The summed E-state index contributed by atoms with van der Waals surface area (Å²) < 4.78 is 12.7. The van der Waals surface area contributed by atoms with Gasteiger partial charge in [-0.15, -0.1) is 0 Å². The van der Waals surface area contributed by atoms with E-state index in [0.29, 0.717) is 32.1 Å². The fourth-order valence-electron chi connectivity index (χ4n) is 3.09. The number of hydrogen-bond acceptors (Lipinski definition) is 4. The number of rotatable bonds is 14. The van der Waals surface area contributed by atoms with Crippen LogP contribution in [0.2, 0.25) is 0 Å². The van der Waals surface area contributed by atoms with E-state index >= 15 is 0 Å². The number of ketones is 1. The molecule has 28 heavy (non-hydrogen) atoms. The van der Waals surface area contributed by atoms with Crippen LogP contribution in [0, 0.1) is 17.3 Å². The van der Waals surface area contributed by atoms with Crippen molar-refractivity contribution in [2.24, 2.45) is 17.3 Å². The minimum atomic E-state index is -1.02. The molecule has 0 aliphatic rings. The molecule has 0 aliphatic heterocycles. The summed E-state index contributed by atoms with van der Waals surface area (Å²) in [6.45, 7) is 10.00. The second-order valence-corrected chi connectivity index (χ2v) is 8.46. The molecule has 0 radical (unpaired) electrons. The second-order valence-electron chi connectivity index (χ2n) is 8.46. The Morgan fingerprint density at radius 3 is 2.21 bits per heavy atom. The lowest BCUT2D eigenvalue weighted by Crippen LogP contribution is -2.41. The maximum absolute atomic E-state index is 12.7. The first kappa shape index (κ1) is 26.5. The van der Waals surface area contributed by atoms with Gasteiger partial charge in [-0.05, 0) is 46.5 Å². The Labute approximate surface area is 169 Å². The number of aliphatic hydroxyl groups is 1. The van der Waals surface area contributed by atoms with Crippen molar-refractivity contribution in [3.63, 3.8) is 0 Å². The van der Waals surface area contributed by atoms with Crippen LogP contribution in [-0.2, 0) is 14.4 Å². The number of nitrogens with one attached hydrogen (secondary N) is 2. The zero-order valence-corrected chi connectivity index (χ0v) is 18.3. The maximum Gasteiger partial charge on any atom is 0.226 e. The summed E-state index contributed by atoms with van der Waals surface area (Å²) >= 11 is 0. The fourth-order valence-corrected chi connectivity index (χ4v) is 3.09. The molecule has 4 unspecified atom stereocenters. The zero-order chi connectivity index (χ0) is 21.9. The van der Waals surface area contributed by atoms with Gasteiger partial charge in [0.15, 0.2) is 5.78 Å². The van der Waals surface area contributed by atoms with Crippen molar-refractivity contribution in [3.8, 4) is 0 Å². The Morgan fingerprint density at radius 2 is 1.75 bits per heavy atom. The largest absolute Gasteiger partial charge is 0.392 e. The molecule has 0 aromatic rings. The maximum atomic E-state index is 12.7. The molecule has 0 saturated carbocycles. The Hall–Kier alpha value is -1.50. The lowest BCUT2D eigenvalue weighted by molar-refractivity contribution is -0.131. The smallest absolute Gasteiger partial charge is 0.226 e. The number of carbonyl (C=O) groups is 3. The first-order valence-electron chi connectivity index (χ1n) is 10.3. The molecule has 0 spiro atoms. The summed E-state index contributed by atoms with van der Waals surface area (Å²) in [7, 11) is 0. The summed E-state index contributed by atoms with van der Waals surface area (Å²) in [5.74, 6) is -1.64. The quantitative estimate of drug-likeness (QED) is 0.416. The third-order valence-electron chi connectivity index (χ3n) is 5.29. The standard InChI is InChI=1S/C21H39FN2O4/c1-7-21(6,20(28)23-13-16(5)25)10-8-9-17(19(27)24-14(2)3)11-15(4)18(26)12-22/h14-17,25H,7-13H2,1-6H3,(H,23,28)(H,24,27). The lowest BCUT2D eigenvalue weighted by Gasteiger charge is -2.28. The van der Waals surface area contributed by atoms with Crippen LogP contribution in [0.5, 0.6) is 0 Å². The number of carbonyl (C=O) groups excluding carboxylic acids is 3. The van der Waals surface area contributed by atoms with Gasteiger partial charge in [0, 0.05) is 29.8 Å². The number of aliphatic hydroxyl groups excluding tert-OH is 1. The highest BCUT2D eigenvalue weighted by atomic mass is 19.1. The van der Waals surface area contributed by atoms with Crippen LogP contribution >= 0.6 is 0 Å². The van der Waals surface area contributed by atoms with Crippen LogP contribution in [0.25, 0.3) is 0 Å². The highest BCUT2D eigenvalue weighted by molar-refractivity contribution is 5.84. The van der Waals surface area contributed by atoms with Crippen molar-refractivity contribution >= 4 is 17.6 Å². The van der Waals surface area contributed by atoms with Crippen molar-refractivity contribution < 1.29 is 23.9 Å². The molecule has 3 N–H and O–H groups in total. The van der Waals surface area contributed by atoms with Gasteiger partial charge in [0.05, 0.1) is 6.10 Å². The van der Waals surface area contributed by atoms with E-state index in [4.69, 9.17) is 0 Å². The summed E-state index contributed by atoms with van der Waals surface area (Å²) in [6.07, 6.45) is 2.09. The molecule has 0 bridgehead atoms. The van der Waals surface area contributed by atoms with E-state index in [1.807, 2.05) is 27.7 Å². The first-order valence-corrected chi connectivity index (χ1v) is 10.3. The summed E-state index contributed by atoms with van der Waals surface area (Å²) in [5.41, 5.74) is -0.589. The van der Waals surface area contributed by atoms with Gasteiger partial charge < -0.3 is 15.7 Å². The molecule has 0 heterocycles. The molecule has 0 saturated heterocycles. The molecule has 7 heteroatoms. The molecular weight excluding hydrogens is 363 g/mol. The average molecular weight is 403 g/mol. The van der Waals surface area contributed by atoms with Gasteiger partial charge in [-0.1, -0.05) is 27.2 Å². The topological polar surface area (TPSA) is 95.5 Å². The average Bonchev–Trinajstić information content (AvgIpc) is 2.63. The molecule has 0 aromatic heterocycles. The van der Waals surface area contributed by atoms with E-state index in [0.717, 1.165) is 0 Å². The van der Waals surface area contributed by atoms with E-state index in [1.165, 1.54) is 0 Å². The molecule has 0 aromatic carbocycles. The Balaban J connectivity index is 4.95. The van der Waals surface area contributed by atoms with E-state index in [-0.39, 0.29) is 24.4 Å². The molecule has 0 rings (SSSR count). The van der Waals surface area contributed by atoms with Gasteiger partial charge in [-0.25, -0.2) is 4.39 Å². The van der Waals surface area contributed by atoms with Gasteiger partial charge in [0.25, 0.3) is 0 Å². The predicted molar refractivity (Wildman–Crippen MR) is 108 cm³/mol. The van der Waals surface area contributed by atoms with Crippen molar-refractivity contribution in [2.75, 3.05) is 13.2 Å². The monoisotopic (exact) mass is 402 g/mol. The Bertz CT molecular complexity index is 511. The van der Waals surface area contributed by atoms with Crippen LogP contribution in [0.3, 0.4) is 0 Å².